The Labute approximate surface area is 113 Å². The van der Waals surface area contributed by atoms with E-state index in [0.717, 1.165) is 28.7 Å². The molecule has 0 amide bonds. The van der Waals surface area contributed by atoms with Crippen LogP contribution in [0.2, 0.25) is 0 Å². The molecule has 0 N–H and O–H groups in total. The molecule has 0 aliphatic carbocycles. The molecule has 0 saturated carbocycles. The molecule has 1 aromatic carbocycles. The summed E-state index contributed by atoms with van der Waals surface area (Å²) in [6.45, 7) is 6.34. The van der Waals surface area contributed by atoms with Gasteiger partial charge >= 0.3 is 0 Å². The number of para-hydroxylation sites is 1. The first-order valence-corrected chi connectivity index (χ1v) is 6.44. The first-order chi connectivity index (χ1) is 9.04. The van der Waals surface area contributed by atoms with Crippen molar-refractivity contribution in [2.45, 2.75) is 32.6 Å². The van der Waals surface area contributed by atoms with Gasteiger partial charge in [-0.15, -0.1) is 10.2 Å². The molecule has 0 fully saturated rings. The molecule has 0 unspecified atom stereocenters. The highest BCUT2D eigenvalue weighted by molar-refractivity contribution is 6.19. The average Bonchev–Trinajstić information content (AvgIpc) is 2.73. The van der Waals surface area contributed by atoms with Gasteiger partial charge in [0.25, 0.3) is 0 Å². The number of benzene rings is 1. The Morgan fingerprint density at radius 3 is 2.68 bits per heavy atom. The third kappa shape index (κ3) is 1.72. The maximum atomic E-state index is 6.11. The fourth-order valence-electron chi connectivity index (χ4n) is 2.10. The zero-order chi connectivity index (χ0) is 13.6. The lowest BCUT2D eigenvalue weighted by molar-refractivity contribution is 0.467. The smallest absolute Gasteiger partial charge is 0.236 e. The average molecular weight is 250 g/mol. The Hall–Kier alpha value is -1.91. The van der Waals surface area contributed by atoms with Crippen molar-refractivity contribution in [1.29, 1.82) is 0 Å². The van der Waals surface area contributed by atoms with E-state index in [4.69, 9.17) is 7.98 Å². The van der Waals surface area contributed by atoms with E-state index in [1.165, 1.54) is 0 Å². The number of hydrogen-bond acceptors (Lipinski definition) is 3. The molecule has 3 rings (SSSR count). The fourth-order valence-corrected chi connectivity index (χ4v) is 2.10. The van der Waals surface area contributed by atoms with Crippen molar-refractivity contribution in [3.63, 3.8) is 0 Å². The molecule has 0 aliphatic rings. The van der Waals surface area contributed by atoms with Gasteiger partial charge in [-0.1, -0.05) is 39.0 Å². The van der Waals surface area contributed by atoms with Gasteiger partial charge in [-0.2, -0.15) is 0 Å². The van der Waals surface area contributed by atoms with Crippen LogP contribution < -0.4 is 0 Å². The van der Waals surface area contributed by atoms with Gasteiger partial charge < -0.3 is 4.48 Å². The predicted molar refractivity (Wildman–Crippen MR) is 77.3 cm³/mol. The van der Waals surface area contributed by atoms with Crippen LogP contribution in [0.1, 0.15) is 33.0 Å². The molecule has 5 heteroatoms. The molecule has 0 saturated heterocycles. The van der Waals surface area contributed by atoms with Gasteiger partial charge in [0.2, 0.25) is 7.98 Å². The van der Waals surface area contributed by atoms with Gasteiger partial charge in [0.05, 0.1) is 0 Å². The normalized spacial score (nSPS) is 12.4. The van der Waals surface area contributed by atoms with Gasteiger partial charge in [-0.25, -0.2) is 4.98 Å². The van der Waals surface area contributed by atoms with Crippen molar-refractivity contribution < 1.29 is 0 Å². The van der Waals surface area contributed by atoms with Crippen LogP contribution in [0, 0.1) is 0 Å². The van der Waals surface area contributed by atoms with Gasteiger partial charge in [0.15, 0.2) is 11.5 Å². The first kappa shape index (κ1) is 12.1. The van der Waals surface area contributed by atoms with Crippen LogP contribution in [0.15, 0.2) is 24.3 Å². The Morgan fingerprint density at radius 2 is 1.95 bits per heavy atom. The third-order valence-corrected chi connectivity index (χ3v) is 3.80. The van der Waals surface area contributed by atoms with Crippen LogP contribution in [0.4, 0.5) is 0 Å². The monoisotopic (exact) mass is 250 g/mol. The van der Waals surface area contributed by atoms with Gasteiger partial charge in [0, 0.05) is 16.3 Å². The summed E-state index contributed by atoms with van der Waals surface area (Å²) in [6.07, 6.45) is 0.949. The number of nitrogens with zero attached hydrogens (tertiary/aromatic N) is 4. The first-order valence-electron chi connectivity index (χ1n) is 6.44. The Kier molecular flexibility index (Phi) is 2.59. The minimum atomic E-state index is -0.0996. The second-order valence-corrected chi connectivity index (χ2v) is 5.43. The predicted octanol–water partition coefficient (Wildman–Crippen LogP) is 2.60. The molecular weight excluding hydrogens is 235 g/mol. The maximum absolute atomic E-state index is 6.11. The molecule has 0 aliphatic heterocycles. The second kappa shape index (κ2) is 4.05. The highest BCUT2D eigenvalue weighted by atomic mass is 15.2. The molecule has 2 radical (unpaired) electrons. The lowest BCUT2D eigenvalue weighted by Crippen LogP contribution is -2.20. The van der Waals surface area contributed by atoms with Crippen LogP contribution >= 0.6 is 0 Å². The fraction of sp³-hybridized carbons (Fsp3) is 0.357. The van der Waals surface area contributed by atoms with Gasteiger partial charge in [-0.3, -0.25) is 0 Å². The summed E-state index contributed by atoms with van der Waals surface area (Å²) >= 11 is 0. The van der Waals surface area contributed by atoms with Crippen LogP contribution in [-0.2, 0) is 5.41 Å². The second-order valence-electron chi connectivity index (χ2n) is 5.43. The van der Waals surface area contributed by atoms with Crippen LogP contribution in [-0.4, -0.2) is 27.6 Å². The van der Waals surface area contributed by atoms with E-state index >= 15 is 0 Å². The van der Waals surface area contributed by atoms with E-state index in [1.807, 2.05) is 24.3 Å². The molecule has 3 aromatic rings. The van der Waals surface area contributed by atoms with Crippen LogP contribution in [0.3, 0.4) is 0 Å². The Morgan fingerprint density at radius 1 is 1.21 bits per heavy atom. The van der Waals surface area contributed by atoms with Gasteiger partial charge in [-0.05, 0) is 12.5 Å². The zero-order valence-corrected chi connectivity index (χ0v) is 11.4. The summed E-state index contributed by atoms with van der Waals surface area (Å²) in [6, 6.07) is 7.87. The summed E-state index contributed by atoms with van der Waals surface area (Å²) in [5.41, 5.74) is 2.27. The van der Waals surface area contributed by atoms with Crippen LogP contribution in [0.5, 0.6) is 0 Å². The van der Waals surface area contributed by atoms with E-state index in [2.05, 4.69) is 36.0 Å². The van der Waals surface area contributed by atoms with Crippen molar-refractivity contribution in [3.05, 3.63) is 30.1 Å². The maximum Gasteiger partial charge on any atom is 0.236 e. The molecule has 4 nitrogen and oxygen atoms in total. The van der Waals surface area contributed by atoms with Crippen molar-refractivity contribution in [2.24, 2.45) is 0 Å². The summed E-state index contributed by atoms with van der Waals surface area (Å²) in [7, 11) is 6.11. The summed E-state index contributed by atoms with van der Waals surface area (Å²) in [5.74, 6) is 0.733. The zero-order valence-electron chi connectivity index (χ0n) is 11.4. The van der Waals surface area contributed by atoms with Crippen molar-refractivity contribution in [1.82, 2.24) is 19.7 Å². The molecule has 0 bridgehead atoms. The lowest BCUT2D eigenvalue weighted by atomic mass is 9.89. The molecule has 2 heterocycles. The van der Waals surface area contributed by atoms with Crippen molar-refractivity contribution >= 4 is 30.0 Å². The van der Waals surface area contributed by atoms with Crippen LogP contribution in [0.25, 0.3) is 22.1 Å². The number of hydrogen-bond donors (Lipinski definition) is 0. The molecule has 2 aromatic heterocycles. The summed E-state index contributed by atoms with van der Waals surface area (Å²) < 4.78 is 1.59. The summed E-state index contributed by atoms with van der Waals surface area (Å²) in [4.78, 5) is 4.62. The highest BCUT2D eigenvalue weighted by Crippen LogP contribution is 2.27. The van der Waals surface area contributed by atoms with E-state index in [9.17, 15) is 0 Å². The minimum Gasteiger partial charge on any atom is -0.381 e. The van der Waals surface area contributed by atoms with Gasteiger partial charge in [0.1, 0.15) is 5.52 Å². The van der Waals surface area contributed by atoms with E-state index in [0.29, 0.717) is 5.65 Å². The largest absolute Gasteiger partial charge is 0.381 e. The van der Waals surface area contributed by atoms with E-state index < -0.39 is 0 Å². The number of aromatic nitrogens is 4. The SMILES string of the molecule is [B]n1c2ccccc2c2nnc(C(C)(C)CC)nc21. The summed E-state index contributed by atoms with van der Waals surface area (Å²) in [5, 5.41) is 9.60. The molecule has 0 spiro atoms. The molecule has 19 heavy (non-hydrogen) atoms. The Bertz CT molecular complexity index is 761. The highest BCUT2D eigenvalue weighted by Gasteiger charge is 2.23. The van der Waals surface area contributed by atoms with E-state index in [1.54, 1.807) is 4.48 Å². The standard InChI is InChI=1S/C14H15BN4/c1-4-14(2,3)13-16-12-11(17-18-13)9-7-5-6-8-10(9)19(12)15/h5-8H,4H2,1-3H3. The topological polar surface area (TPSA) is 43.6 Å². The number of fused-ring (bicyclic) bond motifs is 3. The lowest BCUT2D eigenvalue weighted by Gasteiger charge is -2.19. The minimum absolute atomic E-state index is 0.0996. The number of rotatable bonds is 2. The Balaban J connectivity index is 2.35. The van der Waals surface area contributed by atoms with E-state index in [-0.39, 0.29) is 5.41 Å². The third-order valence-electron chi connectivity index (χ3n) is 3.80. The molecule has 0 atom stereocenters. The van der Waals surface area contributed by atoms with Crippen molar-refractivity contribution in [3.8, 4) is 0 Å². The molecule has 94 valence electrons. The van der Waals surface area contributed by atoms with Crippen molar-refractivity contribution in [2.75, 3.05) is 0 Å². The molecular formula is C14H15BN4. The quantitative estimate of drug-likeness (QED) is 0.656.